The van der Waals surface area contributed by atoms with Gasteiger partial charge in [-0.25, -0.2) is 4.79 Å². The van der Waals surface area contributed by atoms with E-state index >= 15 is 0 Å². The number of piperidine rings is 1. The number of esters is 1. The predicted octanol–water partition coefficient (Wildman–Crippen LogP) is 1.74. The molecule has 1 fully saturated rings. The van der Waals surface area contributed by atoms with E-state index in [-0.39, 0.29) is 18.3 Å². The summed E-state index contributed by atoms with van der Waals surface area (Å²) < 4.78 is 44.4. The Labute approximate surface area is 151 Å². The van der Waals surface area contributed by atoms with Crippen LogP contribution in [0.1, 0.15) is 30.7 Å². The molecule has 1 aromatic carbocycles. The van der Waals surface area contributed by atoms with E-state index in [1.807, 2.05) is 0 Å². The van der Waals surface area contributed by atoms with Gasteiger partial charge in [-0.2, -0.15) is 17.9 Å². The molecule has 0 N–H and O–H groups in total. The molecule has 27 heavy (non-hydrogen) atoms. The maximum absolute atomic E-state index is 12.7. The Bertz CT molecular complexity index is 835. The number of benzene rings is 1. The molecule has 1 atom stereocenters. The van der Waals surface area contributed by atoms with Crippen LogP contribution in [0.3, 0.4) is 0 Å². The Morgan fingerprint density at radius 1 is 1.30 bits per heavy atom. The molecular weight excluding hydrogens is 367 g/mol. The molecule has 0 bridgehead atoms. The van der Waals surface area contributed by atoms with Crippen molar-refractivity contribution in [1.82, 2.24) is 25.1 Å². The van der Waals surface area contributed by atoms with Gasteiger partial charge in [0.25, 0.3) is 0 Å². The second-order valence-electron chi connectivity index (χ2n) is 6.07. The van der Waals surface area contributed by atoms with Crippen molar-refractivity contribution in [3.8, 4) is 5.69 Å². The maximum atomic E-state index is 12.7. The monoisotopic (exact) mass is 383 g/mol. The minimum Gasteiger partial charge on any atom is -0.456 e. The predicted molar refractivity (Wildman–Crippen MR) is 84.4 cm³/mol. The number of hydrogen-bond donors (Lipinski definition) is 0. The molecule has 11 heteroatoms. The number of hydrogen-bond acceptors (Lipinski definition) is 6. The molecular formula is C16H16F3N5O3. The number of carbonyl (C=O) groups excluding carboxylic acids is 2. The van der Waals surface area contributed by atoms with E-state index in [9.17, 15) is 22.8 Å². The zero-order valence-electron chi connectivity index (χ0n) is 14.3. The fourth-order valence-electron chi connectivity index (χ4n) is 2.79. The molecule has 144 valence electrons. The number of carbonyl (C=O) groups is 2. The molecule has 2 aromatic rings. The first-order valence-corrected chi connectivity index (χ1v) is 8.14. The molecule has 1 saturated heterocycles. The van der Waals surface area contributed by atoms with Crippen LogP contribution in [0.15, 0.2) is 24.3 Å². The van der Waals surface area contributed by atoms with Crippen LogP contribution in [0.25, 0.3) is 5.69 Å². The van der Waals surface area contributed by atoms with Crippen LogP contribution in [-0.2, 0) is 27.1 Å². The molecule has 1 unspecified atom stereocenters. The third-order valence-corrected chi connectivity index (χ3v) is 4.32. The van der Waals surface area contributed by atoms with E-state index in [0.717, 1.165) is 12.1 Å². The van der Waals surface area contributed by atoms with Crippen molar-refractivity contribution in [2.75, 3.05) is 7.05 Å². The molecule has 1 amide bonds. The molecule has 0 radical (unpaired) electrons. The second kappa shape index (κ2) is 7.33. The average molecular weight is 383 g/mol. The van der Waals surface area contributed by atoms with E-state index < -0.39 is 23.8 Å². The summed E-state index contributed by atoms with van der Waals surface area (Å²) in [7, 11) is 1.54. The summed E-state index contributed by atoms with van der Waals surface area (Å²) in [5.74, 6) is -0.557. The maximum Gasteiger partial charge on any atom is 0.416 e. The topological polar surface area (TPSA) is 90.2 Å². The van der Waals surface area contributed by atoms with Crippen LogP contribution in [0.5, 0.6) is 0 Å². The second-order valence-corrected chi connectivity index (χ2v) is 6.07. The molecule has 0 aliphatic carbocycles. The lowest BCUT2D eigenvalue weighted by Gasteiger charge is -2.30. The lowest BCUT2D eigenvalue weighted by atomic mass is 10.0. The van der Waals surface area contributed by atoms with Gasteiger partial charge < -0.3 is 9.64 Å². The van der Waals surface area contributed by atoms with Crippen LogP contribution in [0.2, 0.25) is 0 Å². The summed E-state index contributed by atoms with van der Waals surface area (Å²) in [4.78, 5) is 25.3. The van der Waals surface area contributed by atoms with Gasteiger partial charge >= 0.3 is 12.1 Å². The smallest absolute Gasteiger partial charge is 0.416 e. The number of halogens is 3. The lowest BCUT2D eigenvalue weighted by Crippen LogP contribution is -2.46. The van der Waals surface area contributed by atoms with Crippen molar-refractivity contribution < 1.29 is 27.5 Å². The van der Waals surface area contributed by atoms with E-state index in [4.69, 9.17) is 4.74 Å². The standard InChI is InChI=1S/C16H16F3N5O3/c1-23-12(3-2-4-14(23)25)15(26)27-9-13-20-21-22-24(13)11-7-5-10(6-8-11)16(17,18)19/h5-8,12H,2-4,9H2,1H3. The largest absolute Gasteiger partial charge is 0.456 e. The molecule has 8 nitrogen and oxygen atoms in total. The van der Waals surface area contributed by atoms with Gasteiger partial charge in [-0.1, -0.05) is 0 Å². The van der Waals surface area contributed by atoms with E-state index in [2.05, 4.69) is 15.5 Å². The number of likely N-dealkylation sites (tertiary alicyclic amines) is 1. The highest BCUT2D eigenvalue weighted by Gasteiger charge is 2.32. The van der Waals surface area contributed by atoms with Gasteiger partial charge in [0.15, 0.2) is 12.4 Å². The highest BCUT2D eigenvalue weighted by atomic mass is 19.4. The van der Waals surface area contributed by atoms with Gasteiger partial charge in [-0.05, 0) is 47.5 Å². The molecule has 3 rings (SSSR count). The fourth-order valence-corrected chi connectivity index (χ4v) is 2.79. The van der Waals surface area contributed by atoms with Crippen molar-refractivity contribution in [3.05, 3.63) is 35.7 Å². The van der Waals surface area contributed by atoms with Crippen molar-refractivity contribution in [1.29, 1.82) is 0 Å². The van der Waals surface area contributed by atoms with Crippen molar-refractivity contribution in [3.63, 3.8) is 0 Å². The highest BCUT2D eigenvalue weighted by molar-refractivity contribution is 5.85. The van der Waals surface area contributed by atoms with Gasteiger partial charge in [0, 0.05) is 13.5 Å². The zero-order valence-corrected chi connectivity index (χ0v) is 14.3. The summed E-state index contributed by atoms with van der Waals surface area (Å²) in [6, 6.07) is 3.60. The minimum atomic E-state index is -4.44. The number of aromatic nitrogens is 4. The molecule has 0 spiro atoms. The van der Waals surface area contributed by atoms with E-state index in [1.54, 1.807) is 7.05 Å². The van der Waals surface area contributed by atoms with Gasteiger partial charge in [0.2, 0.25) is 5.91 Å². The van der Waals surface area contributed by atoms with Gasteiger partial charge in [-0.15, -0.1) is 5.10 Å². The summed E-state index contributed by atoms with van der Waals surface area (Å²) in [6.07, 6.45) is -2.94. The number of ether oxygens (including phenoxy) is 1. The van der Waals surface area contributed by atoms with E-state index in [1.165, 1.54) is 21.7 Å². The molecule has 1 aromatic heterocycles. The lowest BCUT2D eigenvalue weighted by molar-refractivity contribution is -0.157. The Morgan fingerprint density at radius 2 is 2.00 bits per heavy atom. The molecule has 0 saturated carbocycles. The molecule has 2 heterocycles. The van der Waals surface area contributed by atoms with E-state index in [0.29, 0.717) is 24.9 Å². The molecule has 1 aliphatic rings. The van der Waals surface area contributed by atoms with Crippen LogP contribution in [0.4, 0.5) is 13.2 Å². The van der Waals surface area contributed by atoms with Gasteiger partial charge in [0.1, 0.15) is 6.04 Å². The minimum absolute atomic E-state index is 0.127. The van der Waals surface area contributed by atoms with Crippen molar-refractivity contribution in [2.24, 2.45) is 0 Å². The summed E-state index contributed by atoms with van der Waals surface area (Å²) in [6.45, 7) is -0.272. The fraction of sp³-hybridized carbons (Fsp3) is 0.438. The first-order chi connectivity index (χ1) is 12.8. The molecule has 1 aliphatic heterocycles. The summed E-state index contributed by atoms with van der Waals surface area (Å²) in [5.41, 5.74) is -0.499. The average Bonchev–Trinajstić information content (AvgIpc) is 3.10. The first kappa shape index (κ1) is 18.8. The Balaban J connectivity index is 1.69. The van der Waals surface area contributed by atoms with Crippen LogP contribution in [0, 0.1) is 0 Å². The number of likely N-dealkylation sites (N-methyl/N-ethyl adjacent to an activating group) is 1. The highest BCUT2D eigenvalue weighted by Crippen LogP contribution is 2.29. The third-order valence-electron chi connectivity index (χ3n) is 4.32. The number of amides is 1. The van der Waals surface area contributed by atoms with Gasteiger partial charge in [-0.3, -0.25) is 4.79 Å². The Kier molecular flexibility index (Phi) is 5.10. The number of nitrogens with zero attached hydrogens (tertiary/aromatic N) is 5. The SMILES string of the molecule is CN1C(=O)CCCC1C(=O)OCc1nnnn1-c1ccc(C(F)(F)F)cc1. The first-order valence-electron chi connectivity index (χ1n) is 8.14. The quantitative estimate of drug-likeness (QED) is 0.747. The van der Waals surface area contributed by atoms with Crippen molar-refractivity contribution in [2.45, 2.75) is 38.1 Å². The zero-order chi connectivity index (χ0) is 19.6. The third kappa shape index (κ3) is 4.07. The Morgan fingerprint density at radius 3 is 2.67 bits per heavy atom. The van der Waals surface area contributed by atoms with Crippen LogP contribution in [-0.4, -0.2) is 50.1 Å². The normalized spacial score (nSPS) is 17.9. The number of rotatable bonds is 4. The Hall–Kier alpha value is -2.98. The van der Waals surface area contributed by atoms with Crippen molar-refractivity contribution >= 4 is 11.9 Å². The van der Waals surface area contributed by atoms with Crippen LogP contribution < -0.4 is 0 Å². The van der Waals surface area contributed by atoms with Gasteiger partial charge in [0.05, 0.1) is 11.3 Å². The number of alkyl halides is 3. The summed E-state index contributed by atoms with van der Waals surface area (Å²) >= 11 is 0. The number of tetrazole rings is 1. The van der Waals surface area contributed by atoms with Crippen LogP contribution >= 0.6 is 0 Å². The summed E-state index contributed by atoms with van der Waals surface area (Å²) in [5, 5.41) is 10.9.